The first-order valence-electron chi connectivity index (χ1n) is 6.69. The topological polar surface area (TPSA) is 58.8 Å². The molecule has 0 spiro atoms. The van der Waals surface area contributed by atoms with Crippen molar-refractivity contribution in [3.63, 3.8) is 0 Å². The van der Waals surface area contributed by atoms with Crippen LogP contribution in [-0.2, 0) is 0 Å². The van der Waals surface area contributed by atoms with Crippen molar-refractivity contribution in [1.82, 2.24) is 9.97 Å². The largest absolute Gasteiger partial charge is 0.468 e. The average molecular weight is 267 g/mol. The lowest BCUT2D eigenvalue weighted by Crippen LogP contribution is -2.10. The first kappa shape index (κ1) is 14.0. The Bertz CT molecular complexity index is 605. The molecule has 1 unspecified atom stereocenters. The van der Waals surface area contributed by atoms with Crippen LogP contribution in [0.3, 0.4) is 0 Å². The first-order chi connectivity index (χ1) is 9.74. The predicted molar refractivity (Wildman–Crippen MR) is 76.2 cm³/mol. The van der Waals surface area contributed by atoms with Crippen molar-refractivity contribution in [2.75, 3.05) is 0 Å². The number of ether oxygens (including phenoxy) is 1. The van der Waals surface area contributed by atoms with Gasteiger partial charge in [-0.25, -0.2) is 4.98 Å². The summed E-state index contributed by atoms with van der Waals surface area (Å²) in [5.74, 6) is 0.398. The second-order valence-corrected chi connectivity index (χ2v) is 4.60. The SMILES string of the molecule is CCCC(Oc1nc(C)ccc1C#N)c1cccnc1. The Morgan fingerprint density at radius 2 is 2.20 bits per heavy atom. The molecule has 0 saturated heterocycles. The van der Waals surface area contributed by atoms with Gasteiger partial charge < -0.3 is 4.74 Å². The normalized spacial score (nSPS) is 11.7. The van der Waals surface area contributed by atoms with Crippen molar-refractivity contribution in [2.24, 2.45) is 0 Å². The van der Waals surface area contributed by atoms with Gasteiger partial charge in [-0.15, -0.1) is 0 Å². The molecule has 2 aromatic heterocycles. The molecule has 4 heteroatoms. The number of pyridine rings is 2. The van der Waals surface area contributed by atoms with E-state index >= 15 is 0 Å². The van der Waals surface area contributed by atoms with E-state index < -0.39 is 0 Å². The zero-order chi connectivity index (χ0) is 14.4. The summed E-state index contributed by atoms with van der Waals surface area (Å²) in [6, 6.07) is 9.53. The molecule has 0 bridgehead atoms. The minimum absolute atomic E-state index is 0.130. The van der Waals surface area contributed by atoms with E-state index in [1.165, 1.54) is 0 Å². The van der Waals surface area contributed by atoms with Gasteiger partial charge >= 0.3 is 0 Å². The Balaban J connectivity index is 2.29. The molecule has 0 radical (unpaired) electrons. The van der Waals surface area contributed by atoms with Crippen molar-refractivity contribution in [3.8, 4) is 11.9 Å². The van der Waals surface area contributed by atoms with Crippen LogP contribution < -0.4 is 4.74 Å². The van der Waals surface area contributed by atoms with Gasteiger partial charge in [-0.2, -0.15) is 5.26 Å². The lowest BCUT2D eigenvalue weighted by atomic mass is 10.1. The van der Waals surface area contributed by atoms with Crippen LogP contribution in [-0.4, -0.2) is 9.97 Å². The highest BCUT2D eigenvalue weighted by Crippen LogP contribution is 2.26. The van der Waals surface area contributed by atoms with E-state index in [-0.39, 0.29) is 6.10 Å². The second-order valence-electron chi connectivity index (χ2n) is 4.60. The third-order valence-corrected chi connectivity index (χ3v) is 2.98. The molecular weight excluding hydrogens is 250 g/mol. The Morgan fingerprint density at radius 3 is 2.85 bits per heavy atom. The van der Waals surface area contributed by atoms with E-state index in [0.717, 1.165) is 24.1 Å². The molecule has 0 N–H and O–H groups in total. The summed E-state index contributed by atoms with van der Waals surface area (Å²) in [5, 5.41) is 9.14. The fourth-order valence-electron chi connectivity index (χ4n) is 1.96. The molecule has 0 saturated carbocycles. The van der Waals surface area contributed by atoms with Gasteiger partial charge in [0.15, 0.2) is 0 Å². The zero-order valence-electron chi connectivity index (χ0n) is 11.7. The van der Waals surface area contributed by atoms with Crippen LogP contribution in [0.5, 0.6) is 5.88 Å². The first-order valence-corrected chi connectivity index (χ1v) is 6.69. The van der Waals surface area contributed by atoms with Gasteiger partial charge in [0.05, 0.1) is 0 Å². The minimum atomic E-state index is -0.130. The highest BCUT2D eigenvalue weighted by molar-refractivity contribution is 5.39. The predicted octanol–water partition coefficient (Wildman–Crippen LogP) is 3.58. The monoisotopic (exact) mass is 267 g/mol. The number of aryl methyl sites for hydroxylation is 1. The summed E-state index contributed by atoms with van der Waals surface area (Å²) in [5.41, 5.74) is 2.29. The molecule has 2 aromatic rings. The van der Waals surface area contributed by atoms with E-state index in [1.54, 1.807) is 18.5 Å². The molecule has 0 aromatic carbocycles. The fourth-order valence-corrected chi connectivity index (χ4v) is 1.96. The standard InChI is InChI=1S/C16H17N3O/c1-3-5-15(14-6-4-9-18-11-14)20-16-13(10-17)8-7-12(2)19-16/h4,6-9,11,15H,3,5H2,1-2H3. The summed E-state index contributed by atoms with van der Waals surface area (Å²) >= 11 is 0. The molecule has 1 atom stereocenters. The van der Waals surface area contributed by atoms with Crippen molar-refractivity contribution in [1.29, 1.82) is 5.26 Å². The van der Waals surface area contributed by atoms with E-state index in [0.29, 0.717) is 11.4 Å². The summed E-state index contributed by atoms with van der Waals surface area (Å²) in [4.78, 5) is 8.45. The minimum Gasteiger partial charge on any atom is -0.468 e. The third-order valence-electron chi connectivity index (χ3n) is 2.98. The Labute approximate surface area is 119 Å². The smallest absolute Gasteiger partial charge is 0.232 e. The van der Waals surface area contributed by atoms with Crippen molar-refractivity contribution >= 4 is 0 Å². The Morgan fingerprint density at radius 1 is 1.35 bits per heavy atom. The Kier molecular flexibility index (Phi) is 4.67. The van der Waals surface area contributed by atoms with Gasteiger partial charge in [-0.05, 0) is 31.5 Å². The summed E-state index contributed by atoms with van der Waals surface area (Å²) in [6.07, 6.45) is 5.23. The second kappa shape index (κ2) is 6.67. The van der Waals surface area contributed by atoms with Crippen LogP contribution in [0, 0.1) is 18.3 Å². The number of rotatable bonds is 5. The molecule has 0 aliphatic carbocycles. The maximum Gasteiger partial charge on any atom is 0.232 e. The summed E-state index contributed by atoms with van der Waals surface area (Å²) in [6.45, 7) is 3.98. The van der Waals surface area contributed by atoms with E-state index in [2.05, 4.69) is 23.0 Å². The van der Waals surface area contributed by atoms with Gasteiger partial charge in [0.25, 0.3) is 0 Å². The number of hydrogen-bond donors (Lipinski definition) is 0. The van der Waals surface area contributed by atoms with Crippen molar-refractivity contribution in [3.05, 3.63) is 53.5 Å². The molecule has 2 heterocycles. The molecule has 20 heavy (non-hydrogen) atoms. The molecule has 102 valence electrons. The maximum absolute atomic E-state index is 9.14. The zero-order valence-corrected chi connectivity index (χ0v) is 11.7. The van der Waals surface area contributed by atoms with Crippen molar-refractivity contribution in [2.45, 2.75) is 32.8 Å². The van der Waals surface area contributed by atoms with Crippen LogP contribution in [0.25, 0.3) is 0 Å². The lowest BCUT2D eigenvalue weighted by Gasteiger charge is -2.18. The number of nitriles is 1. The highest BCUT2D eigenvalue weighted by Gasteiger charge is 2.16. The number of aromatic nitrogens is 2. The van der Waals surface area contributed by atoms with Crippen LogP contribution in [0.2, 0.25) is 0 Å². The Hall–Kier alpha value is -2.41. The van der Waals surface area contributed by atoms with Crippen LogP contribution in [0.1, 0.15) is 42.7 Å². The number of nitrogens with zero attached hydrogens (tertiary/aromatic N) is 3. The van der Waals surface area contributed by atoms with Gasteiger partial charge in [0, 0.05) is 23.7 Å². The fraction of sp³-hybridized carbons (Fsp3) is 0.312. The quantitative estimate of drug-likeness (QED) is 0.830. The molecule has 0 aliphatic rings. The summed E-state index contributed by atoms with van der Waals surface area (Å²) in [7, 11) is 0. The van der Waals surface area contributed by atoms with Gasteiger partial charge in [0.2, 0.25) is 5.88 Å². The van der Waals surface area contributed by atoms with E-state index in [1.807, 2.05) is 25.1 Å². The van der Waals surface area contributed by atoms with Crippen molar-refractivity contribution < 1.29 is 4.74 Å². The average Bonchev–Trinajstić information content (AvgIpc) is 2.48. The number of hydrogen-bond acceptors (Lipinski definition) is 4. The van der Waals surface area contributed by atoms with Gasteiger partial charge in [0.1, 0.15) is 17.7 Å². The van der Waals surface area contributed by atoms with Gasteiger partial charge in [-0.1, -0.05) is 19.4 Å². The van der Waals surface area contributed by atoms with E-state index in [9.17, 15) is 0 Å². The molecule has 4 nitrogen and oxygen atoms in total. The summed E-state index contributed by atoms with van der Waals surface area (Å²) < 4.78 is 5.97. The molecule has 0 fully saturated rings. The van der Waals surface area contributed by atoms with Crippen LogP contribution >= 0.6 is 0 Å². The molecular formula is C16H17N3O. The third kappa shape index (κ3) is 3.33. The molecule has 2 rings (SSSR count). The molecule has 0 amide bonds. The van der Waals surface area contributed by atoms with Crippen LogP contribution in [0.15, 0.2) is 36.7 Å². The van der Waals surface area contributed by atoms with E-state index in [4.69, 9.17) is 10.00 Å². The van der Waals surface area contributed by atoms with Crippen LogP contribution in [0.4, 0.5) is 0 Å². The molecule has 0 aliphatic heterocycles. The highest BCUT2D eigenvalue weighted by atomic mass is 16.5. The maximum atomic E-state index is 9.14. The van der Waals surface area contributed by atoms with Gasteiger partial charge in [-0.3, -0.25) is 4.98 Å². The lowest BCUT2D eigenvalue weighted by molar-refractivity contribution is 0.184.